The van der Waals surface area contributed by atoms with Gasteiger partial charge in [0.05, 0.1) is 0 Å². The number of amides is 1. The van der Waals surface area contributed by atoms with E-state index in [0.717, 1.165) is 45.9 Å². The number of anilines is 1. The van der Waals surface area contributed by atoms with Crippen LogP contribution in [0.4, 0.5) is 5.69 Å². The standard InChI is InChI=1S/C21H20N4O/c1-2-3-17(22)14-5-7-18-15(10-14)11-20(25-18)21(26)24-16-6-4-13-8-9-23-19(13)12-16/h4-12,22-23,25H,2-3H2,1H3,(H,24,26). The minimum absolute atomic E-state index is 0.183. The maximum absolute atomic E-state index is 12.6. The number of H-pyrrole nitrogens is 2. The summed E-state index contributed by atoms with van der Waals surface area (Å²) in [6.07, 6.45) is 3.58. The predicted octanol–water partition coefficient (Wildman–Crippen LogP) is 5.07. The van der Waals surface area contributed by atoms with Gasteiger partial charge in [-0.3, -0.25) is 4.79 Å². The van der Waals surface area contributed by atoms with Crippen LogP contribution in [-0.4, -0.2) is 21.6 Å². The molecule has 2 aromatic heterocycles. The molecule has 26 heavy (non-hydrogen) atoms. The number of carbonyl (C=O) groups excluding carboxylic acids is 1. The maximum Gasteiger partial charge on any atom is 0.272 e. The lowest BCUT2D eigenvalue weighted by Gasteiger charge is -2.03. The average molecular weight is 344 g/mol. The van der Waals surface area contributed by atoms with Crippen LogP contribution >= 0.6 is 0 Å². The molecule has 2 aromatic carbocycles. The van der Waals surface area contributed by atoms with Gasteiger partial charge < -0.3 is 20.7 Å². The van der Waals surface area contributed by atoms with Crippen LogP contribution in [0.2, 0.25) is 0 Å². The molecule has 0 unspecified atom stereocenters. The first kappa shape index (κ1) is 16.1. The summed E-state index contributed by atoms with van der Waals surface area (Å²) in [5, 5.41) is 13.1. The molecule has 0 aliphatic carbocycles. The molecule has 4 aromatic rings. The summed E-state index contributed by atoms with van der Waals surface area (Å²) in [6.45, 7) is 2.07. The highest BCUT2D eigenvalue weighted by atomic mass is 16.1. The molecule has 0 aliphatic rings. The van der Waals surface area contributed by atoms with Crippen molar-refractivity contribution in [2.45, 2.75) is 19.8 Å². The van der Waals surface area contributed by atoms with E-state index >= 15 is 0 Å². The molecule has 4 N–H and O–H groups in total. The lowest BCUT2D eigenvalue weighted by molar-refractivity contribution is 0.102. The minimum Gasteiger partial charge on any atom is -0.361 e. The van der Waals surface area contributed by atoms with Crippen LogP contribution in [0.1, 0.15) is 35.8 Å². The molecule has 1 amide bonds. The number of benzene rings is 2. The van der Waals surface area contributed by atoms with Crippen molar-refractivity contribution in [3.63, 3.8) is 0 Å². The molecule has 2 heterocycles. The van der Waals surface area contributed by atoms with E-state index < -0.39 is 0 Å². The monoisotopic (exact) mass is 344 g/mol. The van der Waals surface area contributed by atoms with Crippen molar-refractivity contribution in [2.75, 3.05) is 5.32 Å². The van der Waals surface area contributed by atoms with E-state index in [1.165, 1.54) is 0 Å². The van der Waals surface area contributed by atoms with E-state index in [1.807, 2.05) is 54.7 Å². The van der Waals surface area contributed by atoms with Gasteiger partial charge in [0.15, 0.2) is 0 Å². The van der Waals surface area contributed by atoms with E-state index in [0.29, 0.717) is 11.4 Å². The predicted molar refractivity (Wildman–Crippen MR) is 106 cm³/mol. The van der Waals surface area contributed by atoms with Crippen LogP contribution in [0.5, 0.6) is 0 Å². The Bertz CT molecular complexity index is 1120. The number of rotatable bonds is 5. The molecule has 0 radical (unpaired) electrons. The van der Waals surface area contributed by atoms with Crippen molar-refractivity contribution < 1.29 is 4.79 Å². The summed E-state index contributed by atoms with van der Waals surface area (Å²) in [5.41, 5.74) is 4.66. The molecule has 0 saturated carbocycles. The van der Waals surface area contributed by atoms with Gasteiger partial charge in [-0.05, 0) is 53.8 Å². The summed E-state index contributed by atoms with van der Waals surface area (Å²) < 4.78 is 0. The minimum atomic E-state index is -0.183. The second kappa shape index (κ2) is 6.52. The number of hydrogen-bond donors (Lipinski definition) is 4. The van der Waals surface area contributed by atoms with Crippen molar-refractivity contribution in [3.8, 4) is 0 Å². The van der Waals surface area contributed by atoms with E-state index in [2.05, 4.69) is 22.2 Å². The summed E-state index contributed by atoms with van der Waals surface area (Å²) in [4.78, 5) is 18.9. The Hall–Kier alpha value is -3.34. The van der Waals surface area contributed by atoms with Crippen LogP contribution in [0, 0.1) is 5.41 Å². The molecule has 0 atom stereocenters. The van der Waals surface area contributed by atoms with Gasteiger partial charge in [-0.2, -0.15) is 0 Å². The Morgan fingerprint density at radius 1 is 1.04 bits per heavy atom. The number of nitrogens with one attached hydrogen (secondary N) is 4. The zero-order valence-electron chi connectivity index (χ0n) is 14.5. The van der Waals surface area contributed by atoms with E-state index in [9.17, 15) is 4.79 Å². The van der Waals surface area contributed by atoms with Crippen molar-refractivity contribution in [2.24, 2.45) is 0 Å². The maximum atomic E-state index is 12.6. The highest BCUT2D eigenvalue weighted by Crippen LogP contribution is 2.21. The van der Waals surface area contributed by atoms with Gasteiger partial charge in [0.25, 0.3) is 5.91 Å². The molecule has 0 fully saturated rings. The van der Waals surface area contributed by atoms with E-state index in [-0.39, 0.29) is 5.91 Å². The van der Waals surface area contributed by atoms with Crippen LogP contribution < -0.4 is 5.32 Å². The van der Waals surface area contributed by atoms with Gasteiger partial charge in [-0.1, -0.05) is 25.5 Å². The third kappa shape index (κ3) is 2.99. The fourth-order valence-electron chi connectivity index (χ4n) is 3.16. The Morgan fingerprint density at radius 2 is 1.92 bits per heavy atom. The molecule has 0 spiro atoms. The summed E-state index contributed by atoms with van der Waals surface area (Å²) in [7, 11) is 0. The molecular formula is C21H20N4O. The van der Waals surface area contributed by atoms with Crippen molar-refractivity contribution in [1.82, 2.24) is 9.97 Å². The first-order valence-electron chi connectivity index (χ1n) is 8.73. The van der Waals surface area contributed by atoms with Crippen LogP contribution in [0.15, 0.2) is 54.7 Å². The average Bonchev–Trinajstić information content (AvgIpc) is 3.27. The van der Waals surface area contributed by atoms with E-state index in [1.54, 1.807) is 0 Å². The molecule has 0 saturated heterocycles. The van der Waals surface area contributed by atoms with Gasteiger partial charge in [-0.15, -0.1) is 0 Å². The molecule has 4 rings (SSSR count). The highest BCUT2D eigenvalue weighted by molar-refractivity contribution is 6.07. The quantitative estimate of drug-likeness (QED) is 0.374. The first-order valence-corrected chi connectivity index (χ1v) is 8.73. The van der Waals surface area contributed by atoms with Gasteiger partial charge in [-0.25, -0.2) is 0 Å². The third-order valence-corrected chi connectivity index (χ3v) is 4.53. The topological polar surface area (TPSA) is 84.5 Å². The number of aromatic nitrogens is 2. The molecule has 130 valence electrons. The van der Waals surface area contributed by atoms with Crippen LogP contribution in [0.25, 0.3) is 21.8 Å². The van der Waals surface area contributed by atoms with Gasteiger partial charge in [0, 0.05) is 34.0 Å². The second-order valence-electron chi connectivity index (χ2n) is 6.45. The van der Waals surface area contributed by atoms with Gasteiger partial charge in [0.2, 0.25) is 0 Å². The van der Waals surface area contributed by atoms with Crippen LogP contribution in [0.3, 0.4) is 0 Å². The molecular weight excluding hydrogens is 324 g/mol. The third-order valence-electron chi connectivity index (χ3n) is 4.53. The van der Waals surface area contributed by atoms with E-state index in [4.69, 9.17) is 5.41 Å². The van der Waals surface area contributed by atoms with Crippen LogP contribution in [-0.2, 0) is 0 Å². The Labute approximate surface area is 150 Å². The molecule has 0 aliphatic heterocycles. The molecule has 5 nitrogen and oxygen atoms in total. The number of carbonyl (C=O) groups is 1. The number of hydrogen-bond acceptors (Lipinski definition) is 2. The normalized spacial score (nSPS) is 11.1. The lowest BCUT2D eigenvalue weighted by atomic mass is 10.0. The molecule has 0 bridgehead atoms. The fourth-order valence-corrected chi connectivity index (χ4v) is 3.16. The zero-order chi connectivity index (χ0) is 18.1. The summed E-state index contributed by atoms with van der Waals surface area (Å²) in [6, 6.07) is 15.4. The first-order chi connectivity index (χ1) is 12.6. The largest absolute Gasteiger partial charge is 0.361 e. The van der Waals surface area contributed by atoms with Crippen molar-refractivity contribution in [3.05, 3.63) is 66.0 Å². The second-order valence-corrected chi connectivity index (χ2v) is 6.45. The van der Waals surface area contributed by atoms with Crippen molar-refractivity contribution >= 4 is 39.1 Å². The molecule has 5 heteroatoms. The number of fused-ring (bicyclic) bond motifs is 2. The number of aromatic amines is 2. The lowest BCUT2D eigenvalue weighted by Crippen LogP contribution is -2.12. The SMILES string of the molecule is CCCC(=N)c1ccc2[nH]c(C(=O)Nc3ccc4cc[nH]c4c3)cc2c1. The highest BCUT2D eigenvalue weighted by Gasteiger charge is 2.11. The van der Waals surface area contributed by atoms with Crippen molar-refractivity contribution in [1.29, 1.82) is 5.41 Å². The smallest absolute Gasteiger partial charge is 0.272 e. The Morgan fingerprint density at radius 3 is 2.77 bits per heavy atom. The fraction of sp³-hybridized carbons (Fsp3) is 0.143. The Balaban J connectivity index is 1.58. The zero-order valence-corrected chi connectivity index (χ0v) is 14.5. The Kier molecular flexibility index (Phi) is 4.05. The van der Waals surface area contributed by atoms with Gasteiger partial charge in [0.1, 0.15) is 5.69 Å². The summed E-state index contributed by atoms with van der Waals surface area (Å²) >= 11 is 0. The summed E-state index contributed by atoms with van der Waals surface area (Å²) in [5.74, 6) is -0.183. The van der Waals surface area contributed by atoms with Gasteiger partial charge >= 0.3 is 0 Å².